The molecule has 1 aromatic rings. The van der Waals surface area contributed by atoms with Crippen LogP contribution >= 0.6 is 11.6 Å². The Morgan fingerprint density at radius 3 is 2.56 bits per heavy atom. The van der Waals surface area contributed by atoms with Crippen LogP contribution in [-0.4, -0.2) is 31.5 Å². The number of rotatable bonds is 5. The average molecular weight is 268 g/mol. The lowest BCUT2D eigenvalue weighted by atomic mass is 10.1. The van der Waals surface area contributed by atoms with Crippen molar-refractivity contribution in [1.29, 1.82) is 0 Å². The predicted octanol–water partition coefficient (Wildman–Crippen LogP) is 1.77. The number of nitrogens with one attached hydrogen (secondary N) is 1. The summed E-state index contributed by atoms with van der Waals surface area (Å²) in [4.78, 5) is 12.1. The van der Waals surface area contributed by atoms with Gasteiger partial charge in [0.05, 0.1) is 12.6 Å². The molecule has 0 heterocycles. The number of methoxy groups -OCH3 is 1. The number of carbonyl (C=O) groups excluding carboxylic acids is 1. The van der Waals surface area contributed by atoms with Gasteiger partial charge < -0.3 is 10.1 Å². The minimum atomic E-state index is -0.104. The fraction of sp³-hybridized carbons (Fsp3) is 0.500. The van der Waals surface area contributed by atoms with Gasteiger partial charge in [-0.25, -0.2) is 0 Å². The standard InChI is InChI=1S/C14H18ClNO2/c1-18-9-13(8-15)16-14(17)12-6-10-4-2-3-5-11(10)7-12/h2-5,12-13H,6-9H2,1H3,(H,16,17). The van der Waals surface area contributed by atoms with Crippen molar-refractivity contribution in [2.24, 2.45) is 5.92 Å². The van der Waals surface area contributed by atoms with Gasteiger partial charge >= 0.3 is 0 Å². The summed E-state index contributed by atoms with van der Waals surface area (Å²) in [5.41, 5.74) is 2.57. The zero-order chi connectivity index (χ0) is 13.0. The fourth-order valence-corrected chi connectivity index (χ4v) is 2.56. The highest BCUT2D eigenvalue weighted by atomic mass is 35.5. The van der Waals surface area contributed by atoms with Gasteiger partial charge in [-0.15, -0.1) is 11.6 Å². The molecule has 0 bridgehead atoms. The molecule has 4 heteroatoms. The van der Waals surface area contributed by atoms with Gasteiger partial charge in [-0.2, -0.15) is 0 Å². The second-order valence-electron chi connectivity index (χ2n) is 4.69. The van der Waals surface area contributed by atoms with Gasteiger partial charge in [0, 0.05) is 18.9 Å². The van der Waals surface area contributed by atoms with Crippen LogP contribution in [0.25, 0.3) is 0 Å². The van der Waals surface area contributed by atoms with Crippen molar-refractivity contribution in [2.45, 2.75) is 18.9 Å². The molecular formula is C14H18ClNO2. The highest BCUT2D eigenvalue weighted by Crippen LogP contribution is 2.26. The monoisotopic (exact) mass is 267 g/mol. The third kappa shape index (κ3) is 3.03. The van der Waals surface area contributed by atoms with E-state index in [0.29, 0.717) is 12.5 Å². The molecule has 1 aromatic carbocycles. The maximum Gasteiger partial charge on any atom is 0.224 e. The Morgan fingerprint density at radius 2 is 2.06 bits per heavy atom. The molecule has 3 nitrogen and oxygen atoms in total. The Morgan fingerprint density at radius 1 is 1.44 bits per heavy atom. The van der Waals surface area contributed by atoms with Crippen LogP contribution in [0, 0.1) is 5.92 Å². The van der Waals surface area contributed by atoms with Crippen molar-refractivity contribution in [3.05, 3.63) is 35.4 Å². The first-order valence-electron chi connectivity index (χ1n) is 6.16. The second-order valence-corrected chi connectivity index (χ2v) is 5.00. The second kappa shape index (κ2) is 6.21. The summed E-state index contributed by atoms with van der Waals surface area (Å²) >= 11 is 5.79. The number of hydrogen-bond acceptors (Lipinski definition) is 2. The smallest absolute Gasteiger partial charge is 0.224 e. The molecular weight excluding hydrogens is 250 g/mol. The fourth-order valence-electron chi connectivity index (χ4n) is 2.39. The van der Waals surface area contributed by atoms with E-state index in [2.05, 4.69) is 17.4 Å². The Kier molecular flexibility index (Phi) is 4.61. The van der Waals surface area contributed by atoms with Crippen LogP contribution in [0.4, 0.5) is 0 Å². The van der Waals surface area contributed by atoms with E-state index < -0.39 is 0 Å². The van der Waals surface area contributed by atoms with Crippen LogP contribution in [-0.2, 0) is 22.4 Å². The van der Waals surface area contributed by atoms with Crippen molar-refractivity contribution in [2.75, 3.05) is 19.6 Å². The Hall–Kier alpha value is -1.06. The molecule has 2 rings (SSSR count). The highest BCUT2D eigenvalue weighted by Gasteiger charge is 2.28. The summed E-state index contributed by atoms with van der Waals surface area (Å²) in [6, 6.07) is 8.12. The molecule has 1 aliphatic rings. The van der Waals surface area contributed by atoms with E-state index in [-0.39, 0.29) is 17.9 Å². The largest absolute Gasteiger partial charge is 0.383 e. The van der Waals surface area contributed by atoms with E-state index in [9.17, 15) is 4.79 Å². The van der Waals surface area contributed by atoms with E-state index >= 15 is 0 Å². The normalized spacial score (nSPS) is 16.3. The summed E-state index contributed by atoms with van der Waals surface area (Å²) in [6.45, 7) is 0.453. The molecule has 0 aromatic heterocycles. The zero-order valence-electron chi connectivity index (χ0n) is 10.5. The van der Waals surface area contributed by atoms with Crippen molar-refractivity contribution in [3.8, 4) is 0 Å². The van der Waals surface area contributed by atoms with Gasteiger partial charge in [0.2, 0.25) is 5.91 Å². The summed E-state index contributed by atoms with van der Waals surface area (Å²) in [7, 11) is 1.61. The topological polar surface area (TPSA) is 38.3 Å². The number of alkyl halides is 1. The Labute approximate surface area is 112 Å². The number of ether oxygens (including phenoxy) is 1. The molecule has 0 saturated heterocycles. The van der Waals surface area contributed by atoms with Crippen LogP contribution in [0.15, 0.2) is 24.3 Å². The summed E-state index contributed by atoms with van der Waals surface area (Å²) < 4.78 is 5.02. The maximum absolute atomic E-state index is 12.1. The molecule has 0 aliphatic heterocycles. The van der Waals surface area contributed by atoms with Crippen molar-refractivity contribution >= 4 is 17.5 Å². The van der Waals surface area contributed by atoms with Crippen LogP contribution < -0.4 is 5.32 Å². The van der Waals surface area contributed by atoms with Crippen molar-refractivity contribution < 1.29 is 9.53 Å². The van der Waals surface area contributed by atoms with E-state index in [4.69, 9.17) is 16.3 Å². The third-order valence-electron chi connectivity index (χ3n) is 3.32. The Balaban J connectivity index is 1.92. The minimum Gasteiger partial charge on any atom is -0.383 e. The summed E-state index contributed by atoms with van der Waals surface area (Å²) in [6.07, 6.45) is 1.65. The van der Waals surface area contributed by atoms with Gasteiger partial charge in [0.1, 0.15) is 0 Å². The van der Waals surface area contributed by atoms with Gasteiger partial charge in [0.25, 0.3) is 0 Å². The lowest BCUT2D eigenvalue weighted by Crippen LogP contribution is -2.42. The first-order valence-corrected chi connectivity index (χ1v) is 6.70. The number of fused-ring (bicyclic) bond motifs is 1. The van der Waals surface area contributed by atoms with Gasteiger partial charge in [-0.3, -0.25) is 4.79 Å². The quantitative estimate of drug-likeness (QED) is 0.826. The van der Waals surface area contributed by atoms with Crippen LogP contribution in [0.2, 0.25) is 0 Å². The van der Waals surface area contributed by atoms with E-state index in [1.54, 1.807) is 7.11 Å². The number of carbonyl (C=O) groups is 1. The molecule has 0 radical (unpaired) electrons. The lowest BCUT2D eigenvalue weighted by Gasteiger charge is -2.17. The maximum atomic E-state index is 12.1. The summed E-state index contributed by atoms with van der Waals surface area (Å²) in [5, 5.41) is 2.95. The van der Waals surface area contributed by atoms with E-state index in [0.717, 1.165) is 12.8 Å². The average Bonchev–Trinajstić information content (AvgIpc) is 2.82. The SMILES string of the molecule is COCC(CCl)NC(=O)C1Cc2ccccc2C1. The van der Waals surface area contributed by atoms with Gasteiger partial charge in [-0.05, 0) is 24.0 Å². The highest BCUT2D eigenvalue weighted by molar-refractivity contribution is 6.18. The van der Waals surface area contributed by atoms with Crippen LogP contribution in [0.3, 0.4) is 0 Å². The van der Waals surface area contributed by atoms with Crippen molar-refractivity contribution in [1.82, 2.24) is 5.32 Å². The van der Waals surface area contributed by atoms with E-state index in [1.807, 2.05) is 12.1 Å². The number of halogens is 1. The number of hydrogen-bond donors (Lipinski definition) is 1. The third-order valence-corrected chi connectivity index (χ3v) is 3.69. The summed E-state index contributed by atoms with van der Waals surface area (Å²) in [5.74, 6) is 0.484. The van der Waals surface area contributed by atoms with Gasteiger partial charge in [-0.1, -0.05) is 24.3 Å². The molecule has 0 spiro atoms. The Bertz CT molecular complexity index is 397. The zero-order valence-corrected chi connectivity index (χ0v) is 11.2. The van der Waals surface area contributed by atoms with E-state index in [1.165, 1.54) is 11.1 Å². The molecule has 18 heavy (non-hydrogen) atoms. The van der Waals surface area contributed by atoms with Crippen LogP contribution in [0.5, 0.6) is 0 Å². The first-order chi connectivity index (χ1) is 8.74. The van der Waals surface area contributed by atoms with Gasteiger partial charge in [0.15, 0.2) is 0 Å². The number of benzene rings is 1. The number of amides is 1. The molecule has 1 unspecified atom stereocenters. The molecule has 0 saturated carbocycles. The minimum absolute atomic E-state index is 0.0324. The first kappa shape index (κ1) is 13.4. The molecule has 1 aliphatic carbocycles. The van der Waals surface area contributed by atoms with Crippen LogP contribution in [0.1, 0.15) is 11.1 Å². The molecule has 0 fully saturated rings. The lowest BCUT2D eigenvalue weighted by molar-refractivity contribution is -0.125. The molecule has 1 amide bonds. The molecule has 1 atom stereocenters. The predicted molar refractivity (Wildman–Crippen MR) is 71.9 cm³/mol. The van der Waals surface area contributed by atoms with Crippen molar-refractivity contribution in [3.63, 3.8) is 0 Å². The molecule has 1 N–H and O–H groups in total. The molecule has 98 valence electrons.